The highest BCUT2D eigenvalue weighted by molar-refractivity contribution is 5.80. The van der Waals surface area contributed by atoms with Crippen molar-refractivity contribution in [3.8, 4) is 0 Å². The number of H-pyrrole nitrogens is 2. The van der Waals surface area contributed by atoms with E-state index in [4.69, 9.17) is 27.1 Å². The summed E-state index contributed by atoms with van der Waals surface area (Å²) < 4.78 is 0. The molecule has 0 fully saturated rings. The van der Waals surface area contributed by atoms with E-state index in [1.807, 2.05) is 27.7 Å². The standard InChI is InChI=1S/2C4H9NO.C3H6N4.2C3H7NO.C3H7N.C2H4N4.C2H7N3.C2H5NO.2CH4/c1-3-4(6)5-2;1-3-4(2)5-6;1-2-3-4-6-7-5-3;1-3(5)4-2;1-3(2)4-5;1-3-4-2;1-2-3-5-6-4-2;1-5-2(3)4;1-2-3-4;;/h3H2,1-2H3,(H,5,6);6H,3H2,1-2H3;2H2,1H3,(H,4,5,6,7);1-2H3,(H,4,5);5H,1-2H3;3H,1-2H3;1H3,(H,3,4,5,6);1H3,(H4,3,4,5);2,4H,1H3;2*1H4/b;5-4+;;;;;;;3-2+;;. The van der Waals surface area contributed by atoms with Gasteiger partial charge in [0.2, 0.25) is 11.8 Å². The van der Waals surface area contributed by atoms with Crippen LogP contribution in [0, 0.1) is 6.92 Å². The SMILES string of the molecule is C.C.C/C=N/O.CC(C)=NO.CC/C(C)=N/O.CC=NC.CCC(=O)NC.CCc1nn[nH]n1.CN=C(N)N.CNC(C)=O.Cc1nn[nH]n1. The van der Waals surface area contributed by atoms with Crippen LogP contribution in [-0.2, 0) is 16.0 Å². The van der Waals surface area contributed by atoms with Crippen LogP contribution in [0.5, 0.6) is 0 Å². The molecule has 0 radical (unpaired) electrons. The monoisotopic (exact) mass is 724 g/mol. The molecule has 2 rings (SSSR count). The summed E-state index contributed by atoms with van der Waals surface area (Å²) in [7, 11) is 6.52. The largest absolute Gasteiger partial charge is 0.411 e. The van der Waals surface area contributed by atoms with Crippen LogP contribution in [0.25, 0.3) is 0 Å². The summed E-state index contributed by atoms with van der Waals surface area (Å²) in [5.41, 5.74) is 11.1. The molecule has 0 aliphatic rings. The number of nitrogens with zero attached hydrogens (tertiary/aromatic N) is 11. The van der Waals surface area contributed by atoms with Crippen LogP contribution in [0.2, 0.25) is 0 Å². The molecule has 0 saturated carbocycles. The minimum Gasteiger partial charge on any atom is -0.411 e. The third kappa shape index (κ3) is 104. The molecule has 50 heavy (non-hydrogen) atoms. The molecule has 0 saturated heterocycles. The Labute approximate surface area is 298 Å². The van der Waals surface area contributed by atoms with E-state index in [9.17, 15) is 9.59 Å². The molecule has 22 nitrogen and oxygen atoms in total. The zero-order valence-electron chi connectivity index (χ0n) is 31.0. The smallest absolute Gasteiger partial charge is 0.219 e. The van der Waals surface area contributed by atoms with Gasteiger partial charge in [0.25, 0.3) is 0 Å². The van der Waals surface area contributed by atoms with Gasteiger partial charge < -0.3 is 42.7 Å². The van der Waals surface area contributed by atoms with Crippen LogP contribution >= 0.6 is 0 Å². The topological polar surface area (TPSA) is 342 Å². The number of hydrogen-bond acceptors (Lipinski definition) is 16. The highest BCUT2D eigenvalue weighted by atomic mass is 16.4. The number of rotatable bonds is 3. The first kappa shape index (κ1) is 66.8. The van der Waals surface area contributed by atoms with Gasteiger partial charge in [-0.1, -0.05) is 56.4 Å². The summed E-state index contributed by atoms with van der Waals surface area (Å²) in [5.74, 6) is 1.67. The average Bonchev–Trinajstić information content (AvgIpc) is 3.83. The van der Waals surface area contributed by atoms with Gasteiger partial charge in [-0.2, -0.15) is 10.4 Å². The molecule has 0 aliphatic heterocycles. The number of amides is 2. The molecule has 0 aromatic carbocycles. The number of hydrogen-bond donors (Lipinski definition) is 9. The third-order valence-electron chi connectivity index (χ3n) is 3.62. The lowest BCUT2D eigenvalue weighted by Gasteiger charge is -1.87. The second kappa shape index (κ2) is 62.3. The van der Waals surface area contributed by atoms with Crippen LogP contribution in [0.15, 0.2) is 25.5 Å². The Balaban J connectivity index is -0.0000000541. The van der Waals surface area contributed by atoms with E-state index >= 15 is 0 Å². The van der Waals surface area contributed by atoms with E-state index in [-0.39, 0.29) is 32.6 Å². The van der Waals surface area contributed by atoms with Crippen LogP contribution in [0.3, 0.4) is 0 Å². The van der Waals surface area contributed by atoms with Gasteiger partial charge in [-0.15, -0.1) is 25.6 Å². The molecular formula is C28H69N17O5. The number of carbonyl (C=O) groups is 2. The van der Waals surface area contributed by atoms with Crippen molar-refractivity contribution in [1.29, 1.82) is 0 Å². The second-order valence-corrected chi connectivity index (χ2v) is 7.75. The molecule has 2 heterocycles. The molecule has 0 aliphatic carbocycles. The Morgan fingerprint density at radius 1 is 0.820 bits per heavy atom. The molecule has 2 aromatic heterocycles. The molecule has 0 spiro atoms. The molecular weight excluding hydrogens is 654 g/mol. The Morgan fingerprint density at radius 2 is 1.22 bits per heavy atom. The summed E-state index contributed by atoms with van der Waals surface area (Å²) in [4.78, 5) is 26.7. The molecule has 0 atom stereocenters. The van der Waals surface area contributed by atoms with Gasteiger partial charge in [-0.3, -0.25) is 14.6 Å². The van der Waals surface area contributed by atoms with Gasteiger partial charge in [-0.05, 0) is 54.2 Å². The maximum atomic E-state index is 10.1. The van der Waals surface area contributed by atoms with Gasteiger partial charge in [0.15, 0.2) is 17.6 Å². The number of carbonyl (C=O) groups excluding carboxylic acids is 2. The van der Waals surface area contributed by atoms with Gasteiger partial charge in [-0.25, -0.2) is 0 Å². The number of aryl methyl sites for hydroxylation is 2. The lowest BCUT2D eigenvalue weighted by atomic mass is 10.3. The lowest BCUT2D eigenvalue weighted by Crippen LogP contribution is -2.21. The Kier molecular flexibility index (Phi) is 83.2. The minimum atomic E-state index is 0. The summed E-state index contributed by atoms with van der Waals surface area (Å²) in [6, 6.07) is 0. The van der Waals surface area contributed by atoms with Crippen molar-refractivity contribution in [1.82, 2.24) is 51.9 Å². The molecule has 2 aromatic rings. The zero-order valence-corrected chi connectivity index (χ0v) is 31.0. The fraction of sp³-hybridized carbons (Fsp3) is 0.679. The number of tetrazole rings is 2. The number of aromatic amines is 2. The second-order valence-electron chi connectivity index (χ2n) is 7.75. The van der Waals surface area contributed by atoms with Crippen LogP contribution < -0.4 is 22.1 Å². The van der Waals surface area contributed by atoms with E-state index in [0.29, 0.717) is 18.0 Å². The van der Waals surface area contributed by atoms with Crippen molar-refractivity contribution in [3.05, 3.63) is 11.6 Å². The third-order valence-corrected chi connectivity index (χ3v) is 3.62. The molecule has 0 unspecified atom stereocenters. The van der Waals surface area contributed by atoms with Gasteiger partial charge in [0, 0.05) is 54.2 Å². The summed E-state index contributed by atoms with van der Waals surface area (Å²) >= 11 is 0. The quantitative estimate of drug-likeness (QED) is 0.0952. The van der Waals surface area contributed by atoms with Gasteiger partial charge >= 0.3 is 0 Å². The van der Waals surface area contributed by atoms with Crippen molar-refractivity contribution < 1.29 is 25.2 Å². The Bertz CT molecular complexity index is 995. The van der Waals surface area contributed by atoms with Gasteiger partial charge in [0.05, 0.1) is 11.4 Å². The molecule has 296 valence electrons. The number of guanidine groups is 1. The highest BCUT2D eigenvalue weighted by Gasteiger charge is 1.87. The van der Waals surface area contributed by atoms with Crippen molar-refractivity contribution >= 4 is 41.6 Å². The van der Waals surface area contributed by atoms with Crippen LogP contribution in [-0.4, -0.2) is 127 Å². The minimum absolute atomic E-state index is 0. The fourth-order valence-electron chi connectivity index (χ4n) is 0.792. The van der Waals surface area contributed by atoms with E-state index in [0.717, 1.165) is 24.4 Å². The van der Waals surface area contributed by atoms with Gasteiger partial charge in [0.1, 0.15) is 0 Å². The van der Waals surface area contributed by atoms with Crippen molar-refractivity contribution in [2.75, 3.05) is 28.2 Å². The van der Waals surface area contributed by atoms with E-state index in [1.54, 1.807) is 62.0 Å². The number of aliphatic imine (C=N–C) groups is 2. The lowest BCUT2D eigenvalue weighted by molar-refractivity contribution is -0.120. The normalized spacial score (nSPS) is 8.24. The molecule has 11 N–H and O–H groups in total. The Morgan fingerprint density at radius 3 is 1.28 bits per heavy atom. The predicted molar refractivity (Wildman–Crippen MR) is 204 cm³/mol. The summed E-state index contributed by atoms with van der Waals surface area (Å²) in [6.07, 6.45) is 5.31. The van der Waals surface area contributed by atoms with Crippen LogP contribution in [0.1, 0.15) is 102 Å². The maximum absolute atomic E-state index is 10.1. The summed E-state index contributed by atoms with van der Waals surface area (Å²) in [6.45, 7) is 17.7. The first-order valence-electron chi connectivity index (χ1n) is 14.2. The molecule has 2 amide bonds. The maximum Gasteiger partial charge on any atom is 0.219 e. The zero-order chi connectivity index (χ0) is 39.2. The van der Waals surface area contributed by atoms with Crippen molar-refractivity contribution in [2.45, 2.75) is 103 Å². The fourth-order valence-corrected chi connectivity index (χ4v) is 0.792. The van der Waals surface area contributed by atoms with Crippen molar-refractivity contribution in [3.63, 3.8) is 0 Å². The summed E-state index contributed by atoms with van der Waals surface area (Å²) in [5, 5.41) is 62.1. The van der Waals surface area contributed by atoms with Crippen molar-refractivity contribution in [2.24, 2.45) is 36.9 Å². The average molecular weight is 724 g/mol. The first-order valence-corrected chi connectivity index (χ1v) is 14.2. The number of oxime groups is 3. The van der Waals surface area contributed by atoms with Crippen LogP contribution in [0.4, 0.5) is 0 Å². The molecule has 22 heteroatoms. The van der Waals surface area contributed by atoms with E-state index < -0.39 is 0 Å². The van der Waals surface area contributed by atoms with E-state index in [2.05, 4.69) is 77.3 Å². The molecule has 0 bridgehead atoms. The highest BCUT2D eigenvalue weighted by Crippen LogP contribution is 1.79. The predicted octanol–water partition coefficient (Wildman–Crippen LogP) is 2.60. The van der Waals surface area contributed by atoms with E-state index in [1.165, 1.54) is 20.2 Å². The first-order chi connectivity index (χ1) is 22.6. The number of nitrogens with two attached hydrogens (primary N) is 2. The Hall–Kier alpha value is -5.57. The number of aromatic nitrogens is 8. The number of nitrogens with one attached hydrogen (secondary N) is 4.